The molecule has 558 valence electrons. The largest absolute Gasteiger partial charge is 0.478 e. The molecule has 7 rings (SSSR count). The Morgan fingerprint density at radius 3 is 0.867 bits per heavy atom. The highest BCUT2D eigenvalue weighted by Crippen LogP contribution is 2.15. The van der Waals surface area contributed by atoms with E-state index in [9.17, 15) is 71.9 Å². The van der Waals surface area contributed by atoms with Crippen LogP contribution in [-0.2, 0) is 28.8 Å². The number of carboxylic acids is 2. The molecule has 105 heavy (non-hydrogen) atoms. The van der Waals surface area contributed by atoms with E-state index in [4.69, 9.17) is 40.8 Å². The Hall–Kier alpha value is -13.5. The fraction of sp³-hybridized carbons (Fsp3) is 0.229. The fourth-order valence-electron chi connectivity index (χ4n) is 6.17. The first kappa shape index (κ1) is 91.5. The van der Waals surface area contributed by atoms with Crippen molar-refractivity contribution in [3.63, 3.8) is 0 Å². The van der Waals surface area contributed by atoms with Gasteiger partial charge < -0.3 is 68.4 Å². The van der Waals surface area contributed by atoms with Crippen molar-refractivity contribution < 1.29 is 96.2 Å². The van der Waals surface area contributed by atoms with Crippen LogP contribution >= 0.6 is 11.6 Å². The quantitative estimate of drug-likeness (QED) is 0.0462. The maximum Gasteiger partial charge on any atom is 0.337 e. The summed E-state index contributed by atoms with van der Waals surface area (Å²) in [5, 5.41) is 16.4. The molecule has 5 amide bonds. The van der Waals surface area contributed by atoms with Crippen LogP contribution < -0.4 is 34.8 Å². The van der Waals surface area contributed by atoms with Crippen molar-refractivity contribution >= 4 is 88.2 Å². The average molecular weight is 1480 g/mol. The first-order valence-electron chi connectivity index (χ1n) is 30.0. The number of carbonyl (C=O) groups is 13. The number of aromatic carboxylic acids is 2. The van der Waals surface area contributed by atoms with E-state index in [1.54, 1.807) is 102 Å². The molecule has 0 aliphatic rings. The summed E-state index contributed by atoms with van der Waals surface area (Å²) in [6.07, 6.45) is 13.0. The molecule has 35 heteroatoms. The zero-order chi connectivity index (χ0) is 80.2. The summed E-state index contributed by atoms with van der Waals surface area (Å²) < 4.78 is 24.0. The van der Waals surface area contributed by atoms with Crippen LogP contribution in [-0.4, -0.2) is 217 Å². The number of H-pyrrole nitrogens is 2. The number of carbonyl (C=O) groups excluding carboxylic acids is 11. The van der Waals surface area contributed by atoms with Crippen molar-refractivity contribution in [1.82, 2.24) is 59.4 Å². The molecular weight excluding hydrogens is 1400 g/mol. The summed E-state index contributed by atoms with van der Waals surface area (Å²) in [6.45, 7) is 15.9. The van der Waals surface area contributed by atoms with Gasteiger partial charge in [0.25, 0.3) is 29.5 Å². The van der Waals surface area contributed by atoms with Crippen LogP contribution in [0.4, 0.5) is 0 Å². The van der Waals surface area contributed by atoms with Gasteiger partial charge in [-0.2, -0.15) is 0 Å². The number of rotatable bonds is 17. The first-order valence-corrected chi connectivity index (χ1v) is 30.4. The monoisotopic (exact) mass is 1470 g/mol. The molecule has 7 aromatic rings. The molecule has 0 bridgehead atoms. The highest BCUT2D eigenvalue weighted by atomic mass is 35.5. The lowest BCUT2D eigenvalue weighted by molar-refractivity contribution is -0.139. The van der Waals surface area contributed by atoms with Crippen molar-refractivity contribution in [3.8, 4) is 29.4 Å². The smallest absolute Gasteiger partial charge is 0.337 e. The van der Waals surface area contributed by atoms with E-state index in [1.165, 1.54) is 130 Å². The Kier molecular flexibility index (Phi) is 42.1. The van der Waals surface area contributed by atoms with Crippen molar-refractivity contribution in [2.45, 2.75) is 34.1 Å². The Balaban J connectivity index is 0.00000119. The highest BCUT2D eigenvalue weighted by molar-refractivity contribution is 6.66. The number of hydrogen-bond donors (Lipinski definition) is 4. The minimum atomic E-state index is -1.07. The number of nitrogens with zero attached hydrogens (tertiary/aromatic N) is 10. The Morgan fingerprint density at radius 1 is 0.410 bits per heavy atom. The van der Waals surface area contributed by atoms with Crippen molar-refractivity contribution in [3.05, 3.63) is 226 Å². The second-order valence-corrected chi connectivity index (χ2v) is 21.5. The number of amides is 5. The van der Waals surface area contributed by atoms with Crippen molar-refractivity contribution in [2.75, 3.05) is 70.5 Å². The zero-order valence-electron chi connectivity index (χ0n) is 59.7. The van der Waals surface area contributed by atoms with E-state index >= 15 is 0 Å². The normalized spacial score (nSPS) is 9.67. The maximum atomic E-state index is 11.6. The third-order valence-electron chi connectivity index (χ3n) is 11.6. The average Bonchev–Trinajstić information content (AvgIpc) is 1.25. The van der Waals surface area contributed by atoms with Gasteiger partial charge in [0.15, 0.2) is 0 Å². The SMILES string of the molecule is C=CC(=O)Cl.C=CC(=O)Oc1ccc(C(=O)N(C)C)cn1.C=CC(=O)Oc1ccc(C(=O)N(C)C)cn1.CC(=O)Oc1ccc(C(=O)N(C)C)cn1.CC(=O)Oc1ccc(C(=O)O)cn1.CCC(C)C(=O)Oc1ccc(C(=O)N(C)C)cn1.CN(C)C(=O)c1ccc(=O)[nH]c1.O=C(O)c1ccc(=O)[nH]c1. The van der Waals surface area contributed by atoms with Crippen LogP contribution in [0.25, 0.3) is 0 Å². The van der Waals surface area contributed by atoms with Gasteiger partial charge in [0.1, 0.15) is 0 Å². The van der Waals surface area contributed by atoms with Gasteiger partial charge in [-0.25, -0.2) is 44.1 Å². The van der Waals surface area contributed by atoms with Crippen molar-refractivity contribution in [1.29, 1.82) is 0 Å². The number of aromatic nitrogens is 7. The molecule has 7 aromatic heterocycles. The summed E-state index contributed by atoms with van der Waals surface area (Å²) in [5.41, 5.74) is 1.90. The molecule has 0 fully saturated rings. The molecular formula is C70H79ClN12O22. The molecule has 7 heterocycles. The van der Waals surface area contributed by atoms with Crippen LogP contribution in [0.5, 0.6) is 29.4 Å². The molecule has 0 radical (unpaired) electrons. The van der Waals surface area contributed by atoms with Gasteiger partial charge in [-0.15, -0.1) is 0 Å². The number of aromatic amines is 2. The lowest BCUT2D eigenvalue weighted by atomic mass is 10.1. The van der Waals surface area contributed by atoms with Crippen LogP contribution in [0, 0.1) is 5.92 Å². The van der Waals surface area contributed by atoms with E-state index in [2.05, 4.69) is 59.4 Å². The second kappa shape index (κ2) is 48.3. The van der Waals surface area contributed by atoms with Gasteiger partial charge in [0.05, 0.1) is 44.9 Å². The molecule has 0 aliphatic heterocycles. The Morgan fingerprint density at radius 2 is 0.657 bits per heavy atom. The van der Waals surface area contributed by atoms with E-state index in [1.807, 2.05) is 6.92 Å². The van der Waals surface area contributed by atoms with Crippen LogP contribution in [0.1, 0.15) is 107 Å². The number of ether oxygens (including phenoxy) is 5. The third kappa shape index (κ3) is 38.0. The summed E-state index contributed by atoms with van der Waals surface area (Å²) in [5.74, 6) is -4.60. The van der Waals surface area contributed by atoms with Crippen LogP contribution in [0.3, 0.4) is 0 Å². The van der Waals surface area contributed by atoms with Gasteiger partial charge in [-0.3, -0.25) is 52.7 Å². The third-order valence-corrected chi connectivity index (χ3v) is 11.8. The molecule has 4 N–H and O–H groups in total. The van der Waals surface area contributed by atoms with Gasteiger partial charge in [-0.05, 0) is 66.6 Å². The number of esters is 5. The topological polar surface area (TPSA) is 455 Å². The van der Waals surface area contributed by atoms with Crippen LogP contribution in [0.15, 0.2) is 176 Å². The number of nitrogens with one attached hydrogen (secondary N) is 2. The van der Waals surface area contributed by atoms with E-state index in [0.29, 0.717) is 27.8 Å². The number of allylic oxidation sites excluding steroid dienone is 1. The highest BCUT2D eigenvalue weighted by Gasteiger charge is 2.16. The molecule has 0 aromatic carbocycles. The number of carboxylic acid groups (broad SMARTS) is 2. The maximum absolute atomic E-state index is 11.6. The molecule has 1 atom stereocenters. The second-order valence-electron chi connectivity index (χ2n) is 21.1. The van der Waals surface area contributed by atoms with Crippen molar-refractivity contribution in [2.24, 2.45) is 5.92 Å². The summed E-state index contributed by atoms with van der Waals surface area (Å²) in [4.78, 5) is 194. The molecule has 0 saturated carbocycles. The number of hydrogen-bond acceptors (Lipinski definition) is 25. The summed E-state index contributed by atoms with van der Waals surface area (Å²) in [6, 6.07) is 20.1. The minimum absolute atomic E-state index is 0.0518. The van der Waals surface area contributed by atoms with Gasteiger partial charge in [-0.1, -0.05) is 33.6 Å². The Bertz CT molecular complexity index is 4120. The van der Waals surface area contributed by atoms with E-state index in [-0.39, 0.29) is 93.1 Å². The standard InChI is InChI=1S/C13H18N2O3.2C11H12N2O3.C10H12N2O3.C8H10N2O2.C8H7NO4.C6H5NO3.C3H3ClO/c1-5-9(2)13(17)18-11-7-6-10(8-14-11)12(16)15(3)4;2*1-4-10(14)16-9-6-5-8(7-12-9)11(15)13(2)3;1-7(13)15-9-5-4-8(6-11-9)10(14)12(2)3;1-10(2)8(12)6-3-4-7(11)9-5-6;1-5(10)13-7-3-2-6(4-9-7)8(11)12;8-5-2-1-4(3-7-5)6(9)10;1-2-3(4)5/h6-9H,5H2,1-4H3;2*4-7H,1H2,2-3H3;4-6H,1-3H3;3-5H,1-2H3,(H,9,11);2-4H,1H3,(H,11,12);1-3H,(H,7,8)(H,9,10);2H,1H2. The Labute approximate surface area is 607 Å². The van der Waals surface area contributed by atoms with E-state index < -0.39 is 41.1 Å². The molecule has 34 nitrogen and oxygen atoms in total. The predicted molar refractivity (Wildman–Crippen MR) is 380 cm³/mol. The van der Waals surface area contributed by atoms with Gasteiger partial charge in [0.2, 0.25) is 45.8 Å². The number of halogens is 1. The first-order chi connectivity index (χ1) is 49.2. The zero-order valence-corrected chi connectivity index (χ0v) is 60.4. The van der Waals surface area contributed by atoms with E-state index in [0.717, 1.165) is 37.0 Å². The lowest BCUT2D eigenvalue weighted by Crippen LogP contribution is -2.22. The fourth-order valence-corrected chi connectivity index (χ4v) is 6.17. The predicted octanol–water partition coefficient (Wildman–Crippen LogP) is 5.99. The molecule has 1 unspecified atom stereocenters. The van der Waals surface area contributed by atoms with Gasteiger partial charge >= 0.3 is 41.8 Å². The number of pyridine rings is 7. The van der Waals surface area contributed by atoms with Crippen LogP contribution in [0.2, 0.25) is 0 Å². The summed E-state index contributed by atoms with van der Waals surface area (Å²) >= 11 is 4.71. The molecule has 0 aliphatic carbocycles. The summed E-state index contributed by atoms with van der Waals surface area (Å²) in [7, 11) is 16.5. The minimum Gasteiger partial charge on any atom is -0.478 e. The molecule has 0 saturated heterocycles. The van der Waals surface area contributed by atoms with Gasteiger partial charge in [0, 0.05) is 182 Å². The lowest BCUT2D eigenvalue weighted by Gasteiger charge is -2.11. The molecule has 0 spiro atoms.